The maximum atomic E-state index is 13.1. The second-order valence-electron chi connectivity index (χ2n) is 9.58. The van der Waals surface area contributed by atoms with Gasteiger partial charge in [0.25, 0.3) is 0 Å². The predicted molar refractivity (Wildman–Crippen MR) is 151 cm³/mol. The Morgan fingerprint density at radius 3 is 2.27 bits per heavy atom. The number of aromatic amines is 1. The Kier molecular flexibility index (Phi) is 6.93. The van der Waals surface area contributed by atoms with Gasteiger partial charge in [0, 0.05) is 30.4 Å². The van der Waals surface area contributed by atoms with Crippen LogP contribution < -0.4 is 10.6 Å². The molecule has 0 spiro atoms. The first kappa shape index (κ1) is 24.5. The molecule has 0 unspecified atom stereocenters. The van der Waals surface area contributed by atoms with Gasteiger partial charge in [-0.1, -0.05) is 78.9 Å². The van der Waals surface area contributed by atoms with Gasteiger partial charge in [-0.05, 0) is 43.5 Å². The summed E-state index contributed by atoms with van der Waals surface area (Å²) in [4.78, 5) is 16.8. The van der Waals surface area contributed by atoms with Gasteiger partial charge in [-0.25, -0.2) is 0 Å². The number of nitrogens with zero attached hydrogens (tertiary/aromatic N) is 2. The molecule has 6 nitrogen and oxygen atoms in total. The van der Waals surface area contributed by atoms with Crippen LogP contribution in [0.1, 0.15) is 35.4 Å². The molecule has 1 amide bonds. The number of anilines is 1. The monoisotopic (exact) mass is 491 g/mol. The van der Waals surface area contributed by atoms with Crippen LogP contribution in [0, 0.1) is 13.8 Å². The number of carbonyl (C=O) groups excluding carboxylic acids is 1. The highest BCUT2D eigenvalue weighted by molar-refractivity contribution is 5.95. The van der Waals surface area contributed by atoms with E-state index in [4.69, 9.17) is 0 Å². The molecule has 0 aliphatic carbocycles. The average molecular weight is 492 g/mol. The summed E-state index contributed by atoms with van der Waals surface area (Å²) >= 11 is 0. The van der Waals surface area contributed by atoms with E-state index in [1.165, 1.54) is 16.5 Å². The second kappa shape index (κ2) is 10.4. The van der Waals surface area contributed by atoms with Crippen molar-refractivity contribution in [1.29, 1.82) is 0 Å². The number of aryl methyl sites for hydroxylation is 2. The molecule has 3 N–H and O–H groups in total. The zero-order valence-electron chi connectivity index (χ0n) is 21.7. The molecule has 2 aromatic heterocycles. The number of benzene rings is 3. The summed E-state index contributed by atoms with van der Waals surface area (Å²) in [6.07, 6.45) is 0. The van der Waals surface area contributed by atoms with Crippen molar-refractivity contribution in [2.75, 3.05) is 11.9 Å². The van der Waals surface area contributed by atoms with E-state index in [0.29, 0.717) is 6.54 Å². The molecular weight excluding hydrogens is 458 g/mol. The van der Waals surface area contributed by atoms with Crippen molar-refractivity contribution < 1.29 is 4.79 Å². The molecule has 6 heteroatoms. The molecule has 0 aliphatic heterocycles. The van der Waals surface area contributed by atoms with Crippen LogP contribution in [0.2, 0.25) is 0 Å². The van der Waals surface area contributed by atoms with Crippen LogP contribution in [0.25, 0.3) is 22.2 Å². The Morgan fingerprint density at radius 2 is 1.59 bits per heavy atom. The molecule has 188 valence electrons. The molecule has 0 aliphatic rings. The summed E-state index contributed by atoms with van der Waals surface area (Å²) in [6.45, 7) is 6.38. The number of aromatic nitrogens is 3. The Morgan fingerprint density at radius 1 is 0.946 bits per heavy atom. The highest BCUT2D eigenvalue weighted by Crippen LogP contribution is 2.38. The van der Waals surface area contributed by atoms with E-state index in [2.05, 4.69) is 93.5 Å². The summed E-state index contributed by atoms with van der Waals surface area (Å²) in [6, 6.07) is 29.0. The number of rotatable bonds is 8. The second-order valence-corrected chi connectivity index (χ2v) is 9.58. The summed E-state index contributed by atoms with van der Waals surface area (Å²) in [5.41, 5.74) is 8.31. The normalized spacial score (nSPS) is 13.0. The van der Waals surface area contributed by atoms with Crippen LogP contribution >= 0.6 is 0 Å². The zero-order chi connectivity index (χ0) is 25.9. The maximum Gasteiger partial charge on any atom is 0.241 e. The van der Waals surface area contributed by atoms with Crippen molar-refractivity contribution >= 4 is 22.5 Å². The van der Waals surface area contributed by atoms with E-state index in [0.717, 1.165) is 33.8 Å². The highest BCUT2D eigenvalue weighted by Gasteiger charge is 2.25. The summed E-state index contributed by atoms with van der Waals surface area (Å²) in [7, 11) is 1.88. The van der Waals surface area contributed by atoms with Gasteiger partial charge in [-0.2, -0.15) is 5.10 Å². The smallest absolute Gasteiger partial charge is 0.241 e. The molecule has 0 saturated carbocycles. The third-order valence-electron chi connectivity index (χ3n) is 7.14. The van der Waals surface area contributed by atoms with Crippen molar-refractivity contribution in [2.45, 2.75) is 32.7 Å². The maximum absolute atomic E-state index is 13.1. The molecule has 0 radical (unpaired) electrons. The summed E-state index contributed by atoms with van der Waals surface area (Å²) < 4.78 is 1.79. The molecule has 0 saturated heterocycles. The SMILES string of the molecule is Cc1nn(C)c(C)c1NC(=O)[C@@H](C)NC[C@H](c1ccccc1)c1c(-c2ccccc2)[nH]c2ccccc12. The summed E-state index contributed by atoms with van der Waals surface area (Å²) in [5.74, 6) is -0.0436. The van der Waals surface area contributed by atoms with Gasteiger partial charge in [0.15, 0.2) is 0 Å². The first-order chi connectivity index (χ1) is 17.9. The number of hydrogen-bond donors (Lipinski definition) is 3. The third-order valence-corrected chi connectivity index (χ3v) is 7.14. The van der Waals surface area contributed by atoms with Crippen molar-refractivity contribution in [3.8, 4) is 11.3 Å². The van der Waals surface area contributed by atoms with Gasteiger partial charge < -0.3 is 15.6 Å². The Hall–Kier alpha value is -4.16. The molecular formula is C31H33N5O. The number of fused-ring (bicyclic) bond motifs is 1. The van der Waals surface area contributed by atoms with E-state index in [9.17, 15) is 4.79 Å². The van der Waals surface area contributed by atoms with Gasteiger partial charge in [0.05, 0.1) is 28.8 Å². The van der Waals surface area contributed by atoms with Crippen LogP contribution in [0.3, 0.4) is 0 Å². The minimum absolute atomic E-state index is 0.0321. The minimum Gasteiger partial charge on any atom is -0.354 e. The number of carbonyl (C=O) groups is 1. The fourth-order valence-electron chi connectivity index (χ4n) is 5.00. The first-order valence-corrected chi connectivity index (χ1v) is 12.7. The van der Waals surface area contributed by atoms with Crippen LogP contribution in [-0.2, 0) is 11.8 Å². The topological polar surface area (TPSA) is 74.7 Å². The van der Waals surface area contributed by atoms with Crippen LogP contribution in [0.4, 0.5) is 5.69 Å². The molecule has 3 aromatic carbocycles. The number of amides is 1. The average Bonchev–Trinajstić information content (AvgIpc) is 3.42. The van der Waals surface area contributed by atoms with Gasteiger partial charge in [-0.3, -0.25) is 9.48 Å². The van der Waals surface area contributed by atoms with Crippen LogP contribution in [-0.4, -0.2) is 33.3 Å². The Bertz CT molecular complexity index is 1520. The Labute approximate surface area is 217 Å². The predicted octanol–water partition coefficient (Wildman–Crippen LogP) is 5.93. The lowest BCUT2D eigenvalue weighted by molar-refractivity contribution is -0.117. The van der Waals surface area contributed by atoms with Gasteiger partial charge in [-0.15, -0.1) is 0 Å². The van der Waals surface area contributed by atoms with E-state index in [-0.39, 0.29) is 11.8 Å². The van der Waals surface area contributed by atoms with Crippen molar-refractivity contribution in [1.82, 2.24) is 20.1 Å². The standard InChI is InChI=1S/C31H33N5O/c1-20-29(22(3)36(4)35-20)34-31(37)21(2)32-19-26(23-13-7-5-8-14-23)28-25-17-11-12-18-27(25)33-30(28)24-15-9-6-10-16-24/h5-18,21,26,32-33H,19H2,1-4H3,(H,34,37)/t21-,26-/m1/s1. The van der Waals surface area contributed by atoms with Gasteiger partial charge in [0.1, 0.15) is 0 Å². The van der Waals surface area contributed by atoms with Crippen molar-refractivity contribution in [3.05, 3.63) is 107 Å². The third kappa shape index (κ3) is 4.93. The van der Waals surface area contributed by atoms with Gasteiger partial charge in [0.2, 0.25) is 5.91 Å². The Balaban J connectivity index is 1.48. The van der Waals surface area contributed by atoms with E-state index in [1.54, 1.807) is 4.68 Å². The fraction of sp³-hybridized carbons (Fsp3) is 0.226. The van der Waals surface area contributed by atoms with Gasteiger partial charge >= 0.3 is 0 Å². The molecule has 5 rings (SSSR count). The highest BCUT2D eigenvalue weighted by atomic mass is 16.2. The van der Waals surface area contributed by atoms with Crippen LogP contribution in [0.5, 0.6) is 0 Å². The molecule has 2 atom stereocenters. The molecule has 0 fully saturated rings. The lowest BCUT2D eigenvalue weighted by atomic mass is 9.87. The minimum atomic E-state index is -0.393. The van der Waals surface area contributed by atoms with E-state index < -0.39 is 6.04 Å². The number of para-hydroxylation sites is 1. The van der Waals surface area contributed by atoms with Crippen molar-refractivity contribution in [2.24, 2.45) is 7.05 Å². The first-order valence-electron chi connectivity index (χ1n) is 12.7. The van der Waals surface area contributed by atoms with Crippen molar-refractivity contribution in [3.63, 3.8) is 0 Å². The number of nitrogens with one attached hydrogen (secondary N) is 3. The molecule has 5 aromatic rings. The van der Waals surface area contributed by atoms with E-state index in [1.807, 2.05) is 40.0 Å². The van der Waals surface area contributed by atoms with E-state index >= 15 is 0 Å². The number of hydrogen-bond acceptors (Lipinski definition) is 3. The largest absolute Gasteiger partial charge is 0.354 e. The molecule has 0 bridgehead atoms. The number of H-pyrrole nitrogens is 1. The lowest BCUT2D eigenvalue weighted by Crippen LogP contribution is -2.40. The lowest BCUT2D eigenvalue weighted by Gasteiger charge is -2.23. The molecule has 37 heavy (non-hydrogen) atoms. The zero-order valence-corrected chi connectivity index (χ0v) is 21.7. The fourth-order valence-corrected chi connectivity index (χ4v) is 5.00. The molecule has 2 heterocycles. The summed E-state index contributed by atoms with van der Waals surface area (Å²) in [5, 5.41) is 12.2. The quantitative estimate of drug-likeness (QED) is 0.252. The van der Waals surface area contributed by atoms with Crippen LogP contribution in [0.15, 0.2) is 84.9 Å².